The molecule has 6 rings (SSSR count). The molecule has 2 aliphatic rings. The number of ether oxygens (including phenoxy) is 1. The molecule has 0 radical (unpaired) electrons. The van der Waals surface area contributed by atoms with E-state index in [0.717, 1.165) is 30.0 Å². The predicted molar refractivity (Wildman–Crippen MR) is 147 cm³/mol. The number of hydrogen-bond donors (Lipinski definition) is 3. The average Bonchev–Trinajstić information content (AvgIpc) is 3.28. The number of fused-ring (bicyclic) bond motifs is 2. The Morgan fingerprint density at radius 3 is 2.60 bits per heavy atom. The number of nitrogens with zero attached hydrogens (tertiary/aromatic N) is 5. The molecule has 10 heteroatoms. The van der Waals surface area contributed by atoms with E-state index in [4.69, 9.17) is 9.72 Å². The minimum absolute atomic E-state index is 0.0626. The Morgan fingerprint density at radius 1 is 1.20 bits per heavy atom. The second kappa shape index (κ2) is 9.93. The van der Waals surface area contributed by atoms with Crippen molar-refractivity contribution in [2.45, 2.75) is 31.6 Å². The largest absolute Gasteiger partial charge is 0.489 e. The fraction of sp³-hybridized carbons (Fsp3) is 0.333. The first-order valence-corrected chi connectivity index (χ1v) is 13.2. The number of nitriles is 1. The highest BCUT2D eigenvalue weighted by molar-refractivity contribution is 5.85. The Morgan fingerprint density at radius 2 is 1.95 bits per heavy atom. The molecular weight excluding hydrogens is 508 g/mol. The van der Waals surface area contributed by atoms with Crippen LogP contribution in [0.2, 0.25) is 0 Å². The van der Waals surface area contributed by atoms with Crippen molar-refractivity contribution in [2.75, 3.05) is 24.6 Å². The lowest BCUT2D eigenvalue weighted by Crippen LogP contribution is -2.37. The number of anilines is 1. The van der Waals surface area contributed by atoms with Crippen LogP contribution in [0.3, 0.4) is 0 Å². The highest BCUT2D eigenvalue weighted by Gasteiger charge is 2.57. The lowest BCUT2D eigenvalue weighted by Gasteiger charge is -2.22. The lowest BCUT2D eigenvalue weighted by molar-refractivity contribution is -0.129. The van der Waals surface area contributed by atoms with Crippen LogP contribution in [-0.2, 0) is 4.79 Å². The summed E-state index contributed by atoms with van der Waals surface area (Å²) in [6.45, 7) is 4.99. The molecule has 4 heterocycles. The van der Waals surface area contributed by atoms with Gasteiger partial charge in [-0.25, -0.2) is 9.50 Å². The standard InChI is InChI=1S/C30H30N6O4/c1-30(2,39)17-40-21-10-22(27-20(11-31)13-33-36(27)14-21)19-8-9-25(32-12-19)35-15-23-24(16-35)26(23)34-29(38)28(37)18-6-4-3-5-7-18/h3-10,12-14,23-24,26,28,37,39H,15-17H2,1-2H3,(H,34,38)/t23-,24-,28+/m0/s1. The smallest absolute Gasteiger partial charge is 0.253 e. The predicted octanol–water partition coefficient (Wildman–Crippen LogP) is 2.70. The van der Waals surface area contributed by atoms with Crippen LogP contribution in [0, 0.1) is 23.2 Å². The van der Waals surface area contributed by atoms with Crippen LogP contribution in [0.4, 0.5) is 5.82 Å². The molecule has 1 aliphatic carbocycles. The third-order valence-electron chi connectivity index (χ3n) is 7.55. The Labute approximate surface area is 231 Å². The van der Waals surface area contributed by atoms with Gasteiger partial charge >= 0.3 is 0 Å². The first-order chi connectivity index (χ1) is 19.2. The van der Waals surface area contributed by atoms with Gasteiger partial charge in [0.1, 0.15) is 24.2 Å². The quantitative estimate of drug-likeness (QED) is 0.312. The number of hydrogen-bond acceptors (Lipinski definition) is 8. The summed E-state index contributed by atoms with van der Waals surface area (Å²) >= 11 is 0. The number of benzene rings is 1. The number of aliphatic hydroxyl groups excluding tert-OH is 1. The normalized spacial score (nSPS) is 20.6. The first kappa shape index (κ1) is 25.8. The molecule has 4 aromatic rings. The maximum Gasteiger partial charge on any atom is 0.253 e. The minimum atomic E-state index is -1.17. The zero-order valence-electron chi connectivity index (χ0n) is 22.2. The van der Waals surface area contributed by atoms with Gasteiger partial charge in [0.2, 0.25) is 0 Å². The van der Waals surface area contributed by atoms with E-state index in [1.807, 2.05) is 24.3 Å². The summed E-state index contributed by atoms with van der Waals surface area (Å²) in [6.07, 6.45) is 3.82. The van der Waals surface area contributed by atoms with E-state index in [9.17, 15) is 20.3 Å². The Bertz CT molecular complexity index is 1580. The first-order valence-electron chi connectivity index (χ1n) is 13.2. The number of amides is 1. The Balaban J connectivity index is 1.14. The SMILES string of the molecule is CC(C)(O)COc1cc(-c2ccc(N3C[C@@H]4C(NC(=O)[C@H](O)c5ccccc5)[C@H]4C3)nc2)c2c(C#N)cnn2c1. The third-order valence-corrected chi connectivity index (χ3v) is 7.55. The van der Waals surface area contributed by atoms with Crippen molar-refractivity contribution in [1.82, 2.24) is 19.9 Å². The average molecular weight is 539 g/mol. The van der Waals surface area contributed by atoms with Crippen molar-refractivity contribution in [3.05, 3.63) is 78.2 Å². The number of rotatable bonds is 8. The van der Waals surface area contributed by atoms with Crippen molar-refractivity contribution in [2.24, 2.45) is 11.8 Å². The van der Waals surface area contributed by atoms with E-state index in [2.05, 4.69) is 21.4 Å². The van der Waals surface area contributed by atoms with E-state index in [1.54, 1.807) is 55.0 Å². The number of carbonyl (C=O) groups excluding carboxylic acids is 1. The molecule has 1 aromatic carbocycles. The van der Waals surface area contributed by atoms with Gasteiger partial charge < -0.3 is 25.2 Å². The molecule has 0 unspecified atom stereocenters. The number of piperidine rings is 1. The summed E-state index contributed by atoms with van der Waals surface area (Å²) in [4.78, 5) is 19.5. The number of carbonyl (C=O) groups is 1. The summed E-state index contributed by atoms with van der Waals surface area (Å²) in [5.41, 5.74) is 2.25. The molecule has 0 spiro atoms. The van der Waals surface area contributed by atoms with Crippen molar-refractivity contribution < 1.29 is 19.7 Å². The number of aromatic nitrogens is 3. The molecule has 40 heavy (non-hydrogen) atoms. The van der Waals surface area contributed by atoms with Crippen LogP contribution in [0.25, 0.3) is 16.6 Å². The van der Waals surface area contributed by atoms with E-state index < -0.39 is 11.7 Å². The summed E-state index contributed by atoms with van der Waals surface area (Å²) in [5, 5.41) is 37.4. The van der Waals surface area contributed by atoms with Gasteiger partial charge in [-0.15, -0.1) is 0 Å². The van der Waals surface area contributed by atoms with Crippen LogP contribution in [0.5, 0.6) is 5.75 Å². The molecule has 1 amide bonds. The van der Waals surface area contributed by atoms with Gasteiger partial charge in [-0.3, -0.25) is 4.79 Å². The van der Waals surface area contributed by atoms with E-state index in [1.165, 1.54) is 6.20 Å². The van der Waals surface area contributed by atoms with Crippen LogP contribution in [0.15, 0.2) is 67.1 Å². The van der Waals surface area contributed by atoms with Gasteiger partial charge in [-0.05, 0) is 37.6 Å². The molecule has 204 valence electrons. The second-order valence-corrected chi connectivity index (χ2v) is 11.1. The van der Waals surface area contributed by atoms with Gasteiger partial charge in [0.25, 0.3) is 5.91 Å². The highest BCUT2D eigenvalue weighted by Crippen LogP contribution is 2.47. The number of nitrogens with one attached hydrogen (secondary N) is 1. The van der Waals surface area contributed by atoms with Gasteiger partial charge in [-0.1, -0.05) is 30.3 Å². The zero-order chi connectivity index (χ0) is 28.0. The van der Waals surface area contributed by atoms with Crippen LogP contribution in [-0.4, -0.2) is 62.1 Å². The van der Waals surface area contributed by atoms with E-state index >= 15 is 0 Å². The minimum Gasteiger partial charge on any atom is -0.489 e. The van der Waals surface area contributed by atoms with Gasteiger partial charge in [0, 0.05) is 48.3 Å². The summed E-state index contributed by atoms with van der Waals surface area (Å²) in [5.74, 6) is 1.64. The Kier molecular flexibility index (Phi) is 6.41. The van der Waals surface area contributed by atoms with E-state index in [0.29, 0.717) is 34.2 Å². The van der Waals surface area contributed by atoms with Gasteiger partial charge in [0.15, 0.2) is 6.10 Å². The fourth-order valence-corrected chi connectivity index (χ4v) is 5.43. The topological polar surface area (TPSA) is 136 Å². The van der Waals surface area contributed by atoms with Crippen molar-refractivity contribution >= 4 is 17.2 Å². The highest BCUT2D eigenvalue weighted by atomic mass is 16.5. The molecule has 3 atom stereocenters. The fourth-order valence-electron chi connectivity index (χ4n) is 5.43. The van der Waals surface area contributed by atoms with Crippen LogP contribution >= 0.6 is 0 Å². The molecule has 0 bridgehead atoms. The lowest BCUT2D eigenvalue weighted by atomic mass is 10.1. The monoisotopic (exact) mass is 538 g/mol. The van der Waals surface area contributed by atoms with Crippen molar-refractivity contribution in [3.63, 3.8) is 0 Å². The van der Waals surface area contributed by atoms with Crippen molar-refractivity contribution in [3.8, 4) is 22.9 Å². The van der Waals surface area contributed by atoms with E-state index in [-0.39, 0.29) is 18.6 Å². The third kappa shape index (κ3) is 4.97. The molecule has 3 N–H and O–H groups in total. The zero-order valence-corrected chi connectivity index (χ0v) is 22.2. The van der Waals surface area contributed by atoms with Crippen LogP contribution in [0.1, 0.15) is 31.1 Å². The molecule has 3 aromatic heterocycles. The number of aliphatic hydroxyl groups is 2. The second-order valence-electron chi connectivity index (χ2n) is 11.1. The number of pyridine rings is 2. The molecule has 2 fully saturated rings. The van der Waals surface area contributed by atoms with Gasteiger partial charge in [-0.2, -0.15) is 10.4 Å². The Hall–Kier alpha value is -4.46. The summed E-state index contributed by atoms with van der Waals surface area (Å²) < 4.78 is 7.42. The molecule has 1 aliphatic heterocycles. The molecule has 1 saturated heterocycles. The maximum absolute atomic E-state index is 12.5. The molecule has 10 nitrogen and oxygen atoms in total. The van der Waals surface area contributed by atoms with Crippen molar-refractivity contribution in [1.29, 1.82) is 5.26 Å². The summed E-state index contributed by atoms with van der Waals surface area (Å²) in [7, 11) is 0. The molecule has 1 saturated carbocycles. The van der Waals surface area contributed by atoms with Crippen LogP contribution < -0.4 is 15.0 Å². The van der Waals surface area contributed by atoms with Gasteiger partial charge in [0.05, 0.1) is 29.1 Å². The molecular formula is C30H30N6O4. The maximum atomic E-state index is 12.5. The summed E-state index contributed by atoms with van der Waals surface area (Å²) in [6, 6.07) is 17.0.